The molecule has 3 aliphatic heterocycles. The molecule has 282 valence electrons. The van der Waals surface area contributed by atoms with Crippen molar-refractivity contribution >= 4 is 57.1 Å². The maximum absolute atomic E-state index is 6.83. The summed E-state index contributed by atoms with van der Waals surface area (Å²) in [6.45, 7) is 12.8. The van der Waals surface area contributed by atoms with Gasteiger partial charge in [-0.2, -0.15) is 0 Å². The lowest BCUT2D eigenvalue weighted by molar-refractivity contribution is 0.174. The van der Waals surface area contributed by atoms with Crippen molar-refractivity contribution in [3.05, 3.63) is 35.0 Å². The molecule has 0 fully saturated rings. The molecule has 0 radical (unpaired) electrons. The van der Waals surface area contributed by atoms with E-state index in [0.29, 0.717) is 51.5 Å². The molecule has 0 amide bonds. The van der Waals surface area contributed by atoms with Gasteiger partial charge in [-0.05, 0) is 60.1 Å². The van der Waals surface area contributed by atoms with E-state index in [-0.39, 0.29) is 0 Å². The Kier molecular flexibility index (Phi) is 11.8. The third-order valence-electron chi connectivity index (χ3n) is 10.3. The Labute approximate surface area is 333 Å². The van der Waals surface area contributed by atoms with E-state index in [4.69, 9.17) is 28.4 Å². The zero-order valence-corrected chi connectivity index (χ0v) is 35.1. The van der Waals surface area contributed by atoms with Crippen molar-refractivity contribution in [2.45, 2.75) is 87.5 Å². The van der Waals surface area contributed by atoms with Crippen LogP contribution in [0, 0.1) is 11.8 Å². The molecule has 0 spiro atoms. The first-order chi connectivity index (χ1) is 26.1. The summed E-state index contributed by atoms with van der Waals surface area (Å²) >= 11 is 8.92. The molecule has 0 saturated carbocycles. The highest BCUT2D eigenvalue weighted by Crippen LogP contribution is 2.60. The molecule has 11 heteroatoms. The van der Waals surface area contributed by atoms with Crippen LogP contribution in [0.4, 0.5) is 0 Å². The standard InChI is InChI=1S/C42H48O6S5/c1-5-9-11-25(7-3)21-47-31-17-27-28(18-32(31)48-22-26(8-4)12-10-6-2)30-20-36(40-38-34(24-50-40)44-14-16-46-38)52-42(30)53-41-29(27)19-35(51-41)39-37-33(23-49-39)43-13-15-45-37/h17-20,23-26H,5-16,21-22H2,1-4H3. The zero-order chi connectivity index (χ0) is 36.3. The highest BCUT2D eigenvalue weighted by atomic mass is 32.2. The van der Waals surface area contributed by atoms with Crippen LogP contribution in [0.2, 0.25) is 0 Å². The average Bonchev–Trinajstić information content (AvgIpc) is 3.99. The van der Waals surface area contributed by atoms with Crippen molar-refractivity contribution in [1.29, 1.82) is 0 Å². The van der Waals surface area contributed by atoms with E-state index in [1.807, 2.05) is 34.4 Å². The van der Waals surface area contributed by atoms with E-state index in [0.717, 1.165) is 57.1 Å². The van der Waals surface area contributed by atoms with Crippen molar-refractivity contribution in [3.8, 4) is 76.3 Å². The first-order valence-corrected chi connectivity index (χ1v) is 23.4. The molecule has 7 heterocycles. The number of unbranched alkanes of at least 4 members (excludes halogenated alkanes) is 2. The number of hydrogen-bond donors (Lipinski definition) is 0. The number of benzene rings is 1. The Hall–Kier alpha value is -2.83. The number of hydrogen-bond acceptors (Lipinski definition) is 11. The molecule has 0 aliphatic carbocycles. The van der Waals surface area contributed by atoms with E-state index in [1.54, 1.807) is 22.7 Å². The predicted octanol–water partition coefficient (Wildman–Crippen LogP) is 13.8. The molecule has 3 aliphatic rings. The van der Waals surface area contributed by atoms with E-state index >= 15 is 0 Å². The molecule has 5 aromatic rings. The summed E-state index contributed by atoms with van der Waals surface area (Å²) < 4.78 is 40.4. The van der Waals surface area contributed by atoms with Gasteiger partial charge in [0, 0.05) is 31.6 Å². The van der Waals surface area contributed by atoms with E-state index < -0.39 is 0 Å². The molecule has 4 aromatic heterocycles. The first kappa shape index (κ1) is 37.1. The predicted molar refractivity (Wildman–Crippen MR) is 223 cm³/mol. The quantitative estimate of drug-likeness (QED) is 0.0965. The third kappa shape index (κ3) is 7.70. The fraction of sp³-hybridized carbons (Fsp3) is 0.476. The van der Waals surface area contributed by atoms with Gasteiger partial charge in [0.1, 0.15) is 26.4 Å². The summed E-state index contributed by atoms with van der Waals surface area (Å²) in [4.78, 5) is 4.65. The van der Waals surface area contributed by atoms with E-state index in [2.05, 4.69) is 62.7 Å². The number of ether oxygens (including phenoxy) is 6. The number of rotatable bonds is 16. The van der Waals surface area contributed by atoms with Gasteiger partial charge in [-0.3, -0.25) is 0 Å². The third-order valence-corrected chi connectivity index (χ3v) is 16.2. The second kappa shape index (κ2) is 16.9. The van der Waals surface area contributed by atoms with E-state index in [1.165, 1.54) is 79.0 Å². The highest BCUT2D eigenvalue weighted by Gasteiger charge is 2.31. The Morgan fingerprint density at radius 2 is 1.04 bits per heavy atom. The van der Waals surface area contributed by atoms with Crippen LogP contribution in [0.5, 0.6) is 34.5 Å². The molecule has 0 saturated heterocycles. The van der Waals surface area contributed by atoms with Crippen LogP contribution in [-0.2, 0) is 0 Å². The fourth-order valence-electron chi connectivity index (χ4n) is 7.09. The minimum absolute atomic E-state index is 0.509. The lowest BCUT2D eigenvalue weighted by atomic mass is 9.96. The monoisotopic (exact) mass is 808 g/mol. The van der Waals surface area contributed by atoms with Gasteiger partial charge in [-0.15, -0.1) is 45.3 Å². The minimum atomic E-state index is 0.509. The Morgan fingerprint density at radius 3 is 1.47 bits per heavy atom. The van der Waals surface area contributed by atoms with Gasteiger partial charge < -0.3 is 28.4 Å². The van der Waals surface area contributed by atoms with Gasteiger partial charge in [0.05, 0.1) is 31.4 Å². The number of thiophene rings is 4. The van der Waals surface area contributed by atoms with Gasteiger partial charge in [0.15, 0.2) is 34.5 Å². The summed E-state index contributed by atoms with van der Waals surface area (Å²) in [5.41, 5.74) is 4.80. The largest absolute Gasteiger partial charge is 0.489 e. The molecule has 2 atom stereocenters. The summed E-state index contributed by atoms with van der Waals surface area (Å²) in [7, 11) is 0. The molecule has 8 rings (SSSR count). The topological polar surface area (TPSA) is 55.4 Å². The van der Waals surface area contributed by atoms with Crippen LogP contribution in [0.1, 0.15) is 79.1 Å². The van der Waals surface area contributed by atoms with Crippen molar-refractivity contribution in [2.24, 2.45) is 11.8 Å². The first-order valence-electron chi connectivity index (χ1n) is 19.2. The molecule has 0 N–H and O–H groups in total. The average molecular weight is 809 g/mol. The van der Waals surface area contributed by atoms with Crippen molar-refractivity contribution in [1.82, 2.24) is 0 Å². The number of fused-ring (bicyclic) bond motifs is 7. The highest BCUT2D eigenvalue weighted by molar-refractivity contribution is 8.03. The van der Waals surface area contributed by atoms with Crippen LogP contribution >= 0.6 is 57.1 Å². The second-order valence-electron chi connectivity index (χ2n) is 13.9. The summed E-state index contributed by atoms with van der Waals surface area (Å²) in [5.74, 6) is 6.13. The van der Waals surface area contributed by atoms with E-state index in [9.17, 15) is 0 Å². The van der Waals surface area contributed by atoms with Crippen LogP contribution in [0.3, 0.4) is 0 Å². The van der Waals surface area contributed by atoms with Crippen molar-refractivity contribution in [3.63, 3.8) is 0 Å². The molecule has 53 heavy (non-hydrogen) atoms. The molecular weight excluding hydrogens is 761 g/mol. The second-order valence-corrected chi connectivity index (χ2v) is 19.3. The Morgan fingerprint density at radius 1 is 0.585 bits per heavy atom. The van der Waals surface area contributed by atoms with Gasteiger partial charge in [0.2, 0.25) is 0 Å². The molecular formula is C42H48O6S5. The minimum Gasteiger partial charge on any atom is -0.489 e. The lowest BCUT2D eigenvalue weighted by Gasteiger charge is -2.22. The van der Waals surface area contributed by atoms with Crippen LogP contribution in [-0.4, -0.2) is 39.6 Å². The zero-order valence-electron chi connectivity index (χ0n) is 31.0. The Bertz CT molecular complexity index is 1880. The smallest absolute Gasteiger partial charge is 0.180 e. The van der Waals surface area contributed by atoms with Gasteiger partial charge in [-0.1, -0.05) is 78.0 Å². The summed E-state index contributed by atoms with van der Waals surface area (Å²) in [6, 6.07) is 9.26. The van der Waals surface area contributed by atoms with Crippen LogP contribution in [0.25, 0.3) is 41.8 Å². The maximum Gasteiger partial charge on any atom is 0.180 e. The SMILES string of the molecule is CCCCC(CC)COc1cc2c(cc1OCC(CC)CCCC)-c1cc(-c3scc4c3OCCO4)sc1Sc1sc(-c3scc4c3OCCO4)cc1-2. The summed E-state index contributed by atoms with van der Waals surface area (Å²) in [5, 5.41) is 4.16. The maximum atomic E-state index is 6.83. The molecule has 2 unspecified atom stereocenters. The lowest BCUT2D eigenvalue weighted by Crippen LogP contribution is -2.14. The molecule has 0 bridgehead atoms. The fourth-order valence-corrected chi connectivity index (χ4v) is 13.3. The van der Waals surface area contributed by atoms with Crippen molar-refractivity contribution in [2.75, 3.05) is 39.6 Å². The van der Waals surface area contributed by atoms with Crippen LogP contribution in [0.15, 0.2) is 43.4 Å². The normalized spacial score (nSPS) is 15.2. The van der Waals surface area contributed by atoms with Gasteiger partial charge >= 0.3 is 0 Å². The van der Waals surface area contributed by atoms with Crippen molar-refractivity contribution < 1.29 is 28.4 Å². The molecule has 6 nitrogen and oxygen atoms in total. The van der Waals surface area contributed by atoms with Crippen LogP contribution < -0.4 is 28.4 Å². The van der Waals surface area contributed by atoms with Gasteiger partial charge in [0.25, 0.3) is 0 Å². The Balaban J connectivity index is 1.25. The molecule has 1 aromatic carbocycles. The van der Waals surface area contributed by atoms with Gasteiger partial charge in [-0.25, -0.2) is 0 Å². The summed E-state index contributed by atoms with van der Waals surface area (Å²) in [6.07, 6.45) is 9.39.